The van der Waals surface area contributed by atoms with E-state index in [1.807, 2.05) is 37.3 Å². The van der Waals surface area contributed by atoms with Gasteiger partial charge in [-0.25, -0.2) is 9.18 Å². The minimum Gasteiger partial charge on any atom is -0.440 e. The molecule has 1 aliphatic rings. The molecule has 0 radical (unpaired) electrons. The van der Waals surface area contributed by atoms with E-state index in [4.69, 9.17) is 15.2 Å². The normalized spacial score (nSPS) is 15.1. The first-order valence-electron chi connectivity index (χ1n) is 9.89. The van der Waals surface area contributed by atoms with Crippen LogP contribution in [0.2, 0.25) is 0 Å². The minimum atomic E-state index is -0.726. The number of fused-ring (bicyclic) bond motifs is 1. The highest BCUT2D eigenvalue weighted by atomic mass is 19.1. The second-order valence-corrected chi connectivity index (χ2v) is 7.31. The van der Waals surface area contributed by atoms with Gasteiger partial charge in [-0.3, -0.25) is 0 Å². The number of allylic oxidation sites excluding steroid dienone is 1. The Morgan fingerprint density at radius 1 is 1.12 bits per heavy atom. The first-order valence-corrected chi connectivity index (χ1v) is 9.89. The van der Waals surface area contributed by atoms with Crippen LogP contribution in [0.25, 0.3) is 6.08 Å². The number of rotatable bonds is 4. The number of hydrogen-bond acceptors (Lipinski definition) is 5. The van der Waals surface area contributed by atoms with Gasteiger partial charge in [0.2, 0.25) is 5.88 Å². The summed E-state index contributed by atoms with van der Waals surface area (Å²) < 4.78 is 25.5. The molecule has 0 bridgehead atoms. The largest absolute Gasteiger partial charge is 0.440 e. The van der Waals surface area contributed by atoms with Gasteiger partial charge in [-0.15, -0.1) is 0 Å². The average Bonchev–Trinajstić information content (AvgIpc) is 2.78. The zero-order valence-electron chi connectivity index (χ0n) is 17.2. The van der Waals surface area contributed by atoms with E-state index in [0.717, 1.165) is 11.1 Å². The summed E-state index contributed by atoms with van der Waals surface area (Å²) in [6.45, 7) is 1.98. The molecular formula is C26H19FN2O3. The molecular weight excluding hydrogens is 407 g/mol. The quantitative estimate of drug-likeness (QED) is 0.362. The van der Waals surface area contributed by atoms with Crippen LogP contribution < -0.4 is 15.2 Å². The van der Waals surface area contributed by atoms with Gasteiger partial charge < -0.3 is 15.2 Å². The van der Waals surface area contributed by atoms with Crippen molar-refractivity contribution in [1.82, 2.24) is 0 Å². The molecule has 3 aromatic carbocycles. The van der Waals surface area contributed by atoms with Gasteiger partial charge in [0.1, 0.15) is 29.0 Å². The molecule has 0 spiro atoms. The molecule has 158 valence electrons. The molecule has 0 amide bonds. The van der Waals surface area contributed by atoms with Crippen molar-refractivity contribution in [2.75, 3.05) is 0 Å². The van der Waals surface area contributed by atoms with Crippen molar-refractivity contribution in [3.05, 3.63) is 112 Å². The lowest BCUT2D eigenvalue weighted by atomic mass is 9.83. The highest BCUT2D eigenvalue weighted by molar-refractivity contribution is 5.88. The number of halogens is 1. The molecule has 0 aliphatic carbocycles. The van der Waals surface area contributed by atoms with Crippen molar-refractivity contribution in [3.63, 3.8) is 0 Å². The maximum atomic E-state index is 14.5. The smallest absolute Gasteiger partial charge is 0.336 e. The Morgan fingerprint density at radius 3 is 2.59 bits per heavy atom. The van der Waals surface area contributed by atoms with E-state index in [-0.39, 0.29) is 17.2 Å². The lowest BCUT2D eigenvalue weighted by Crippen LogP contribution is -2.21. The van der Waals surface area contributed by atoms with Gasteiger partial charge in [0.15, 0.2) is 0 Å². The van der Waals surface area contributed by atoms with Crippen LogP contribution in [0.15, 0.2) is 84.3 Å². The Labute approximate surface area is 184 Å². The number of nitrogens with two attached hydrogens (primary N) is 1. The predicted molar refractivity (Wildman–Crippen MR) is 118 cm³/mol. The third-order valence-electron chi connectivity index (χ3n) is 5.11. The lowest BCUT2D eigenvalue weighted by molar-refractivity contribution is -0.128. The summed E-state index contributed by atoms with van der Waals surface area (Å²) in [6, 6.07) is 20.6. The van der Waals surface area contributed by atoms with E-state index in [2.05, 4.69) is 0 Å². The van der Waals surface area contributed by atoms with Crippen LogP contribution in [0.1, 0.15) is 28.2 Å². The highest BCUT2D eigenvalue weighted by Gasteiger charge is 2.32. The monoisotopic (exact) mass is 426 g/mol. The fourth-order valence-electron chi connectivity index (χ4n) is 3.52. The summed E-state index contributed by atoms with van der Waals surface area (Å²) in [5, 5.41) is 9.58. The standard InChI is InChI=1S/C26H19FN2O3/c1-16-6-8-17(9-7-16)10-13-24(30)31-18-11-12-20-23(14-18)32-26(29)21(15-28)25(20)19-4-2-3-5-22(19)27/h2-14,25H,29H2,1H3/b13-10+. The average molecular weight is 426 g/mol. The molecule has 6 heteroatoms. The number of carbonyl (C=O) groups is 1. The molecule has 1 atom stereocenters. The van der Waals surface area contributed by atoms with Crippen LogP contribution >= 0.6 is 0 Å². The van der Waals surface area contributed by atoms with Crippen molar-refractivity contribution < 1.29 is 18.7 Å². The van der Waals surface area contributed by atoms with E-state index in [0.29, 0.717) is 16.9 Å². The first-order chi connectivity index (χ1) is 15.5. The second kappa shape index (κ2) is 8.78. The van der Waals surface area contributed by atoms with Crippen LogP contribution in [-0.2, 0) is 4.79 Å². The molecule has 0 aromatic heterocycles. The summed E-state index contributed by atoms with van der Waals surface area (Å²) >= 11 is 0. The second-order valence-electron chi connectivity index (χ2n) is 7.31. The molecule has 0 fully saturated rings. The van der Waals surface area contributed by atoms with Crippen molar-refractivity contribution in [3.8, 4) is 17.6 Å². The van der Waals surface area contributed by atoms with E-state index < -0.39 is 17.7 Å². The zero-order chi connectivity index (χ0) is 22.7. The molecule has 4 rings (SSSR count). The van der Waals surface area contributed by atoms with Crippen molar-refractivity contribution >= 4 is 12.0 Å². The highest BCUT2D eigenvalue weighted by Crippen LogP contribution is 2.44. The third-order valence-corrected chi connectivity index (χ3v) is 5.11. The first kappa shape index (κ1) is 20.9. The van der Waals surface area contributed by atoms with Gasteiger partial charge in [0, 0.05) is 23.3 Å². The fourth-order valence-corrected chi connectivity index (χ4v) is 3.52. The number of ether oxygens (including phenoxy) is 2. The molecule has 0 saturated heterocycles. The Hall–Kier alpha value is -4.37. The van der Waals surface area contributed by atoms with Gasteiger partial charge in [-0.05, 0) is 30.7 Å². The van der Waals surface area contributed by atoms with Crippen LogP contribution in [0.3, 0.4) is 0 Å². The molecule has 5 nitrogen and oxygen atoms in total. The summed E-state index contributed by atoms with van der Waals surface area (Å²) in [4.78, 5) is 12.2. The third kappa shape index (κ3) is 4.23. The van der Waals surface area contributed by atoms with E-state index in [9.17, 15) is 14.4 Å². The predicted octanol–water partition coefficient (Wildman–Crippen LogP) is 4.97. The summed E-state index contributed by atoms with van der Waals surface area (Å²) in [7, 11) is 0. The Morgan fingerprint density at radius 2 is 1.88 bits per heavy atom. The van der Waals surface area contributed by atoms with E-state index in [1.165, 1.54) is 18.2 Å². The van der Waals surface area contributed by atoms with E-state index >= 15 is 0 Å². The number of esters is 1. The van der Waals surface area contributed by atoms with Crippen LogP contribution in [-0.4, -0.2) is 5.97 Å². The lowest BCUT2D eigenvalue weighted by Gasteiger charge is -2.26. The van der Waals surface area contributed by atoms with Crippen LogP contribution in [0.4, 0.5) is 4.39 Å². The molecule has 32 heavy (non-hydrogen) atoms. The molecule has 1 heterocycles. The number of nitrogens with zero attached hydrogens (tertiary/aromatic N) is 1. The molecule has 1 unspecified atom stereocenters. The summed E-state index contributed by atoms with van der Waals surface area (Å²) in [5.74, 6) is -1.33. The van der Waals surface area contributed by atoms with Gasteiger partial charge in [-0.2, -0.15) is 5.26 Å². The summed E-state index contributed by atoms with van der Waals surface area (Å²) in [5.41, 5.74) is 8.92. The molecule has 2 N–H and O–H groups in total. The number of carbonyl (C=O) groups excluding carboxylic acids is 1. The number of nitriles is 1. The van der Waals surface area contributed by atoms with Gasteiger partial charge >= 0.3 is 5.97 Å². The molecule has 0 saturated carbocycles. The van der Waals surface area contributed by atoms with Gasteiger partial charge in [-0.1, -0.05) is 54.1 Å². The molecule has 3 aromatic rings. The zero-order valence-corrected chi connectivity index (χ0v) is 17.2. The number of benzene rings is 3. The molecule has 1 aliphatic heterocycles. The fraction of sp³-hybridized carbons (Fsp3) is 0.0769. The van der Waals surface area contributed by atoms with Gasteiger partial charge in [0.25, 0.3) is 0 Å². The number of hydrogen-bond donors (Lipinski definition) is 1. The van der Waals surface area contributed by atoms with Crippen molar-refractivity contribution in [2.45, 2.75) is 12.8 Å². The Bertz CT molecular complexity index is 1290. The van der Waals surface area contributed by atoms with Crippen molar-refractivity contribution in [2.24, 2.45) is 5.73 Å². The van der Waals surface area contributed by atoms with Crippen molar-refractivity contribution in [1.29, 1.82) is 5.26 Å². The van der Waals surface area contributed by atoms with Crippen LogP contribution in [0.5, 0.6) is 11.5 Å². The van der Waals surface area contributed by atoms with Gasteiger partial charge in [0.05, 0.1) is 5.92 Å². The Balaban J connectivity index is 1.60. The maximum Gasteiger partial charge on any atom is 0.336 e. The number of aryl methyl sites for hydroxylation is 1. The van der Waals surface area contributed by atoms with E-state index in [1.54, 1.807) is 36.4 Å². The minimum absolute atomic E-state index is 0.115. The Kier molecular flexibility index (Phi) is 5.73. The van der Waals surface area contributed by atoms with Crippen LogP contribution in [0, 0.1) is 24.1 Å². The topological polar surface area (TPSA) is 85.3 Å². The maximum absolute atomic E-state index is 14.5. The summed E-state index contributed by atoms with van der Waals surface area (Å²) in [6.07, 6.45) is 2.99. The SMILES string of the molecule is Cc1ccc(/C=C/C(=O)Oc2ccc3c(c2)OC(N)=C(C#N)C3c2ccccc2F)cc1.